The lowest BCUT2D eigenvalue weighted by Gasteiger charge is -2.21. The number of ether oxygens (including phenoxy) is 4. The fourth-order valence-electron chi connectivity index (χ4n) is 11.0. The Kier molecular flexibility index (Phi) is 64.4. The van der Waals surface area contributed by atoms with E-state index in [0.29, 0.717) is 31.6 Å². The van der Waals surface area contributed by atoms with E-state index >= 15 is 0 Å². The summed E-state index contributed by atoms with van der Waals surface area (Å²) >= 11 is 0. The smallest absolute Gasteiger partial charge is 0.462 e. The fraction of sp³-hybridized carbons (Fsp3) is 0.895. The van der Waals surface area contributed by atoms with Crippen LogP contribution >= 0.6 is 15.6 Å². The van der Waals surface area contributed by atoms with Gasteiger partial charge in [-0.1, -0.05) is 310 Å². The monoisotopic (exact) mass is 1390 g/mol. The molecule has 0 saturated heterocycles. The van der Waals surface area contributed by atoms with Gasteiger partial charge in [-0.3, -0.25) is 37.3 Å². The van der Waals surface area contributed by atoms with E-state index in [1.54, 1.807) is 0 Å². The van der Waals surface area contributed by atoms with Gasteiger partial charge in [0.2, 0.25) is 0 Å². The van der Waals surface area contributed by atoms with Crippen molar-refractivity contribution in [1.82, 2.24) is 0 Å². The molecule has 0 rings (SSSR count). The molecule has 0 radical (unpaired) electrons. The largest absolute Gasteiger partial charge is 0.472 e. The lowest BCUT2D eigenvalue weighted by Crippen LogP contribution is -2.30. The number of rotatable bonds is 72. The first-order valence-electron chi connectivity index (χ1n) is 38.7. The van der Waals surface area contributed by atoms with E-state index < -0.39 is 97.5 Å². The van der Waals surface area contributed by atoms with Crippen molar-refractivity contribution in [2.75, 3.05) is 39.6 Å². The van der Waals surface area contributed by atoms with Crippen LogP contribution in [0.5, 0.6) is 0 Å². The molecule has 17 nitrogen and oxygen atoms in total. The Morgan fingerprint density at radius 2 is 0.621 bits per heavy atom. The molecule has 0 aliphatic heterocycles. The van der Waals surface area contributed by atoms with Gasteiger partial charge >= 0.3 is 39.5 Å². The molecule has 95 heavy (non-hydrogen) atoms. The van der Waals surface area contributed by atoms with Crippen molar-refractivity contribution in [3.05, 3.63) is 24.3 Å². The summed E-state index contributed by atoms with van der Waals surface area (Å²) < 4.78 is 68.5. The van der Waals surface area contributed by atoms with Gasteiger partial charge in [-0.15, -0.1) is 0 Å². The second-order valence-electron chi connectivity index (χ2n) is 27.9. The van der Waals surface area contributed by atoms with Gasteiger partial charge in [-0.05, 0) is 69.1 Å². The average Bonchev–Trinajstić information content (AvgIpc) is 3.12. The van der Waals surface area contributed by atoms with Crippen LogP contribution in [-0.2, 0) is 65.4 Å². The molecule has 0 fully saturated rings. The topological polar surface area (TPSA) is 237 Å². The molecule has 0 aromatic carbocycles. The summed E-state index contributed by atoms with van der Waals surface area (Å²) in [6.07, 6.45) is 54.9. The molecule has 0 aromatic heterocycles. The summed E-state index contributed by atoms with van der Waals surface area (Å²) in [4.78, 5) is 72.8. The molecule has 6 atom stereocenters. The highest BCUT2D eigenvalue weighted by molar-refractivity contribution is 7.47. The van der Waals surface area contributed by atoms with Crippen molar-refractivity contribution in [1.29, 1.82) is 0 Å². The van der Waals surface area contributed by atoms with Crippen LogP contribution in [-0.4, -0.2) is 96.7 Å². The second-order valence-corrected chi connectivity index (χ2v) is 30.8. The first-order valence-corrected chi connectivity index (χ1v) is 41.7. The van der Waals surface area contributed by atoms with Crippen LogP contribution < -0.4 is 0 Å². The number of allylic oxidation sites excluding steroid dienone is 4. The van der Waals surface area contributed by atoms with E-state index in [0.717, 1.165) is 121 Å². The van der Waals surface area contributed by atoms with Crippen LogP contribution in [0.4, 0.5) is 0 Å². The molecule has 0 aromatic rings. The van der Waals surface area contributed by atoms with Crippen LogP contribution in [0.3, 0.4) is 0 Å². The molecule has 0 bridgehead atoms. The lowest BCUT2D eigenvalue weighted by atomic mass is 9.99. The number of hydrogen-bond donors (Lipinski definition) is 3. The van der Waals surface area contributed by atoms with E-state index in [9.17, 15) is 43.2 Å². The van der Waals surface area contributed by atoms with Gasteiger partial charge in [0.25, 0.3) is 0 Å². The van der Waals surface area contributed by atoms with Crippen LogP contribution in [0.15, 0.2) is 24.3 Å². The number of aliphatic hydroxyl groups excluding tert-OH is 1. The first kappa shape index (κ1) is 92.5. The highest BCUT2D eigenvalue weighted by Gasteiger charge is 2.30. The zero-order chi connectivity index (χ0) is 70.1. The van der Waals surface area contributed by atoms with Crippen molar-refractivity contribution in [2.45, 2.75) is 381 Å². The van der Waals surface area contributed by atoms with E-state index in [4.69, 9.17) is 37.0 Å². The number of phosphoric ester groups is 2. The SMILES string of the molecule is CCCCCC/C=C\C=C/CCCCCCCC(=O)OC[C@H](COP(=O)(O)OCC(O)COP(=O)(O)OC[C@@H](COC(=O)CCCCCCCCCCC(C)C)OC(=O)CCCCCCCCCCC(C)C)OC(=O)CCCCCCCCCCCCCCCCC(C)CC. The molecule has 0 aliphatic rings. The van der Waals surface area contributed by atoms with Gasteiger partial charge < -0.3 is 33.8 Å². The van der Waals surface area contributed by atoms with Gasteiger partial charge in [-0.2, -0.15) is 0 Å². The molecular formula is C76H144O17P2. The van der Waals surface area contributed by atoms with Crippen molar-refractivity contribution < 1.29 is 80.2 Å². The molecule has 19 heteroatoms. The zero-order valence-corrected chi connectivity index (χ0v) is 63.4. The first-order chi connectivity index (χ1) is 45.8. The van der Waals surface area contributed by atoms with Gasteiger partial charge in [0, 0.05) is 25.7 Å². The zero-order valence-electron chi connectivity index (χ0n) is 61.6. The van der Waals surface area contributed by atoms with Crippen LogP contribution in [0.2, 0.25) is 0 Å². The number of aliphatic hydroxyl groups is 1. The Balaban J connectivity index is 5.28. The molecule has 4 unspecified atom stereocenters. The molecular weight excluding hydrogens is 1250 g/mol. The van der Waals surface area contributed by atoms with Crippen molar-refractivity contribution >= 4 is 39.5 Å². The molecule has 0 heterocycles. The molecule has 3 N–H and O–H groups in total. The minimum absolute atomic E-state index is 0.100. The van der Waals surface area contributed by atoms with Gasteiger partial charge in [0.1, 0.15) is 19.3 Å². The lowest BCUT2D eigenvalue weighted by molar-refractivity contribution is -0.161. The van der Waals surface area contributed by atoms with Crippen LogP contribution in [0.1, 0.15) is 363 Å². The summed E-state index contributed by atoms with van der Waals surface area (Å²) in [5.74, 6) is 0.134. The third-order valence-electron chi connectivity index (χ3n) is 17.4. The summed E-state index contributed by atoms with van der Waals surface area (Å²) in [5.41, 5.74) is 0. The average molecular weight is 1390 g/mol. The maximum atomic E-state index is 13.1. The Hall–Kier alpha value is -2.46. The molecule has 0 saturated carbocycles. The minimum Gasteiger partial charge on any atom is -0.462 e. The standard InChI is InChI=1S/C76H144O17P2/c1-8-10-11-12-13-14-15-16-17-21-24-27-36-43-50-57-73(78)86-63-71(92-75(80)59-52-45-38-28-25-22-19-18-20-23-26-35-42-49-56-69(7)9-2)65-90-94(82,83)88-61-70(77)62-89-95(84,85)91-66-72(93-76(81)60-53-46-39-32-30-34-41-48-55-68(5)6)64-87-74(79)58-51-44-37-31-29-33-40-47-54-67(3)4/h14-17,67-72,77H,8-13,18-66H2,1-7H3,(H,82,83)(H,84,85)/b15-14-,17-16-/t69?,70?,71-,72-/m1/s1. The molecule has 0 amide bonds. The van der Waals surface area contributed by atoms with Crippen LogP contribution in [0.25, 0.3) is 0 Å². The van der Waals surface area contributed by atoms with Gasteiger partial charge in [0.15, 0.2) is 12.2 Å². The Labute approximate surface area is 580 Å². The maximum absolute atomic E-state index is 13.1. The van der Waals surface area contributed by atoms with E-state index in [1.807, 2.05) is 0 Å². The van der Waals surface area contributed by atoms with E-state index in [2.05, 4.69) is 72.8 Å². The number of unbranched alkanes of at least 4 members (excludes halogenated alkanes) is 36. The third kappa shape index (κ3) is 68.5. The van der Waals surface area contributed by atoms with E-state index in [1.165, 1.54) is 154 Å². The predicted octanol–water partition coefficient (Wildman–Crippen LogP) is 21.7. The third-order valence-corrected chi connectivity index (χ3v) is 19.3. The molecule has 0 aliphatic carbocycles. The number of carbonyl (C=O) groups excluding carboxylic acids is 4. The number of carbonyl (C=O) groups is 4. The summed E-state index contributed by atoms with van der Waals surface area (Å²) in [6, 6.07) is 0. The highest BCUT2D eigenvalue weighted by Crippen LogP contribution is 2.45. The Morgan fingerprint density at radius 1 is 0.347 bits per heavy atom. The highest BCUT2D eigenvalue weighted by atomic mass is 31.2. The van der Waals surface area contributed by atoms with Crippen LogP contribution in [0, 0.1) is 17.8 Å². The summed E-state index contributed by atoms with van der Waals surface area (Å²) in [5, 5.41) is 10.6. The van der Waals surface area contributed by atoms with Crippen molar-refractivity contribution in [2.24, 2.45) is 17.8 Å². The molecule has 0 spiro atoms. The predicted molar refractivity (Wildman–Crippen MR) is 386 cm³/mol. The van der Waals surface area contributed by atoms with E-state index in [-0.39, 0.29) is 25.7 Å². The molecule has 560 valence electrons. The summed E-state index contributed by atoms with van der Waals surface area (Å²) in [7, 11) is -9.92. The van der Waals surface area contributed by atoms with Gasteiger partial charge in [-0.25, -0.2) is 9.13 Å². The summed E-state index contributed by atoms with van der Waals surface area (Å²) in [6.45, 7) is 11.8. The second kappa shape index (κ2) is 66.1. The van der Waals surface area contributed by atoms with Gasteiger partial charge in [0.05, 0.1) is 26.4 Å². The normalized spacial score (nSPS) is 14.5. The van der Waals surface area contributed by atoms with Crippen molar-refractivity contribution in [3.8, 4) is 0 Å². The maximum Gasteiger partial charge on any atom is 0.472 e. The number of hydrogen-bond acceptors (Lipinski definition) is 15. The Morgan fingerprint density at radius 3 is 0.937 bits per heavy atom. The quantitative estimate of drug-likeness (QED) is 0.0169. The Bertz CT molecular complexity index is 1950. The minimum atomic E-state index is -4.97. The number of phosphoric acid groups is 2. The number of esters is 4. The fourth-order valence-corrected chi connectivity index (χ4v) is 12.6. The van der Waals surface area contributed by atoms with Crippen molar-refractivity contribution in [3.63, 3.8) is 0 Å².